The van der Waals surface area contributed by atoms with E-state index in [0.29, 0.717) is 23.2 Å². The Hall–Kier alpha value is -2.66. The van der Waals surface area contributed by atoms with Crippen molar-refractivity contribution in [3.05, 3.63) is 106 Å². The fraction of sp³-hybridized carbons (Fsp3) is 0.130. The fourth-order valence-electron chi connectivity index (χ4n) is 3.58. The van der Waals surface area contributed by atoms with Crippen molar-refractivity contribution in [1.82, 2.24) is 15.0 Å². The highest BCUT2D eigenvalue weighted by Gasteiger charge is 2.52. The molecule has 3 aromatic carbocycles. The predicted molar refractivity (Wildman–Crippen MR) is 114 cm³/mol. The Morgan fingerprint density at radius 2 is 1.48 bits per heavy atom. The van der Waals surface area contributed by atoms with E-state index in [1.807, 2.05) is 71.4 Å². The number of epoxide rings is 1. The predicted octanol–water partition coefficient (Wildman–Crippen LogP) is 5.57. The molecule has 4 aromatic rings. The lowest BCUT2D eigenvalue weighted by Gasteiger charge is -2.14. The molecule has 29 heavy (non-hydrogen) atoms. The summed E-state index contributed by atoms with van der Waals surface area (Å²) in [6.07, 6.45) is 0. The van der Waals surface area contributed by atoms with E-state index in [2.05, 4.69) is 22.4 Å². The van der Waals surface area contributed by atoms with Crippen molar-refractivity contribution >= 4 is 23.2 Å². The lowest BCUT2D eigenvalue weighted by Crippen LogP contribution is -2.14. The molecule has 5 rings (SSSR count). The summed E-state index contributed by atoms with van der Waals surface area (Å²) in [5, 5.41) is 10.4. The monoisotopic (exact) mass is 421 g/mol. The Morgan fingerprint density at radius 1 is 0.862 bits per heavy atom. The van der Waals surface area contributed by atoms with Gasteiger partial charge in [0.15, 0.2) is 5.60 Å². The standard InChI is InChI=1S/C23H17Cl2N3O/c24-19-10-6-17(7-11-19)21-22(23(15-29-23)18-8-12-20(25)13-9-18)26-27-28(21)14-16-4-2-1-3-5-16/h1-13H,14-15H2. The van der Waals surface area contributed by atoms with E-state index in [1.165, 1.54) is 0 Å². The molecule has 1 aliphatic heterocycles. The van der Waals surface area contributed by atoms with Gasteiger partial charge in [-0.15, -0.1) is 5.10 Å². The zero-order valence-electron chi connectivity index (χ0n) is 15.4. The third-order valence-electron chi connectivity index (χ3n) is 5.15. The average molecular weight is 422 g/mol. The number of benzene rings is 3. The van der Waals surface area contributed by atoms with Crippen LogP contribution < -0.4 is 0 Å². The quantitative estimate of drug-likeness (QED) is 0.395. The number of nitrogens with zero attached hydrogens (tertiary/aromatic N) is 3. The zero-order valence-corrected chi connectivity index (χ0v) is 16.9. The van der Waals surface area contributed by atoms with Gasteiger partial charge in [-0.05, 0) is 35.4 Å². The van der Waals surface area contributed by atoms with Gasteiger partial charge < -0.3 is 4.74 Å². The maximum atomic E-state index is 6.12. The van der Waals surface area contributed by atoms with E-state index in [4.69, 9.17) is 27.9 Å². The molecule has 1 aliphatic rings. The van der Waals surface area contributed by atoms with Crippen molar-refractivity contribution in [2.75, 3.05) is 6.61 Å². The van der Waals surface area contributed by atoms with Gasteiger partial charge in [-0.2, -0.15) is 0 Å². The van der Waals surface area contributed by atoms with Gasteiger partial charge >= 0.3 is 0 Å². The lowest BCUT2D eigenvalue weighted by molar-refractivity contribution is 0.344. The SMILES string of the molecule is Clc1ccc(-c2c(C3(c4ccc(Cl)cc4)CO3)nnn2Cc2ccccc2)cc1. The molecule has 1 saturated heterocycles. The lowest BCUT2D eigenvalue weighted by atomic mass is 9.93. The average Bonchev–Trinajstić information content (AvgIpc) is 3.45. The van der Waals surface area contributed by atoms with Gasteiger partial charge in [-0.1, -0.05) is 83.0 Å². The molecule has 144 valence electrons. The molecule has 0 N–H and O–H groups in total. The molecule has 0 aliphatic carbocycles. The molecule has 1 fully saturated rings. The van der Waals surface area contributed by atoms with Crippen LogP contribution in [-0.4, -0.2) is 21.6 Å². The molecule has 1 atom stereocenters. The highest BCUT2D eigenvalue weighted by molar-refractivity contribution is 6.30. The molecule has 0 radical (unpaired) electrons. The molecule has 0 spiro atoms. The number of ether oxygens (including phenoxy) is 1. The number of hydrogen-bond acceptors (Lipinski definition) is 3. The van der Waals surface area contributed by atoms with Gasteiger partial charge in [0.1, 0.15) is 5.69 Å². The number of halogens is 2. The minimum Gasteiger partial charge on any atom is -0.357 e. The normalized spacial score (nSPS) is 18.0. The van der Waals surface area contributed by atoms with Crippen LogP contribution in [0.2, 0.25) is 10.0 Å². The summed E-state index contributed by atoms with van der Waals surface area (Å²) in [5.41, 5.74) is 4.29. The number of hydrogen-bond donors (Lipinski definition) is 0. The van der Waals surface area contributed by atoms with E-state index < -0.39 is 5.60 Å². The highest BCUT2D eigenvalue weighted by Crippen LogP contribution is 2.47. The minimum atomic E-state index is -0.603. The van der Waals surface area contributed by atoms with E-state index >= 15 is 0 Å². The Labute approximate surface area is 178 Å². The Morgan fingerprint density at radius 3 is 2.10 bits per heavy atom. The van der Waals surface area contributed by atoms with Crippen molar-refractivity contribution in [3.63, 3.8) is 0 Å². The molecule has 0 amide bonds. The summed E-state index contributed by atoms with van der Waals surface area (Å²) in [5.74, 6) is 0. The Bertz CT molecular complexity index is 1140. The molecule has 0 bridgehead atoms. The molecule has 1 unspecified atom stereocenters. The molecular weight excluding hydrogens is 405 g/mol. The maximum Gasteiger partial charge on any atom is 0.162 e. The second-order valence-corrected chi connectivity index (χ2v) is 7.93. The van der Waals surface area contributed by atoms with Crippen LogP contribution in [0, 0.1) is 0 Å². The van der Waals surface area contributed by atoms with Gasteiger partial charge in [0.2, 0.25) is 0 Å². The first-order chi connectivity index (χ1) is 14.2. The first kappa shape index (κ1) is 18.4. The number of rotatable bonds is 5. The Balaban J connectivity index is 1.64. The van der Waals surface area contributed by atoms with Gasteiger partial charge in [-0.3, -0.25) is 0 Å². The van der Waals surface area contributed by atoms with Gasteiger partial charge in [0.25, 0.3) is 0 Å². The topological polar surface area (TPSA) is 43.2 Å². The second kappa shape index (κ2) is 7.30. The molecular formula is C23H17Cl2N3O. The van der Waals surface area contributed by atoms with E-state index in [-0.39, 0.29) is 0 Å². The van der Waals surface area contributed by atoms with E-state index in [1.54, 1.807) is 0 Å². The summed E-state index contributed by atoms with van der Waals surface area (Å²) in [6, 6.07) is 25.7. The van der Waals surface area contributed by atoms with Crippen LogP contribution in [0.1, 0.15) is 16.8 Å². The van der Waals surface area contributed by atoms with Gasteiger partial charge in [0.05, 0.1) is 18.8 Å². The molecule has 4 nitrogen and oxygen atoms in total. The van der Waals surface area contributed by atoms with Crippen LogP contribution >= 0.6 is 23.2 Å². The summed E-state index contributed by atoms with van der Waals surface area (Å²) < 4.78 is 7.90. The van der Waals surface area contributed by atoms with Crippen LogP contribution in [0.15, 0.2) is 78.9 Å². The van der Waals surface area contributed by atoms with Gasteiger partial charge in [0, 0.05) is 15.6 Å². The summed E-state index contributed by atoms with van der Waals surface area (Å²) >= 11 is 12.2. The van der Waals surface area contributed by atoms with Gasteiger partial charge in [-0.25, -0.2) is 4.68 Å². The maximum absolute atomic E-state index is 6.12. The van der Waals surface area contributed by atoms with Crippen molar-refractivity contribution in [2.24, 2.45) is 0 Å². The third kappa shape index (κ3) is 3.44. The summed E-state index contributed by atoms with van der Waals surface area (Å²) in [6.45, 7) is 1.17. The first-order valence-electron chi connectivity index (χ1n) is 9.29. The largest absolute Gasteiger partial charge is 0.357 e. The molecule has 6 heteroatoms. The minimum absolute atomic E-state index is 0.555. The summed E-state index contributed by atoms with van der Waals surface area (Å²) in [7, 11) is 0. The van der Waals surface area contributed by atoms with Crippen molar-refractivity contribution in [3.8, 4) is 11.3 Å². The zero-order chi connectivity index (χ0) is 19.8. The van der Waals surface area contributed by atoms with Crippen LogP contribution in [-0.2, 0) is 16.9 Å². The molecule has 0 saturated carbocycles. The Kier molecular flexibility index (Phi) is 4.63. The van der Waals surface area contributed by atoms with Crippen LogP contribution in [0.25, 0.3) is 11.3 Å². The van der Waals surface area contributed by atoms with Crippen molar-refractivity contribution in [1.29, 1.82) is 0 Å². The molecule has 2 heterocycles. The second-order valence-electron chi connectivity index (χ2n) is 7.06. The van der Waals surface area contributed by atoms with Crippen LogP contribution in [0.4, 0.5) is 0 Å². The third-order valence-corrected chi connectivity index (χ3v) is 5.66. The fourth-order valence-corrected chi connectivity index (χ4v) is 3.83. The van der Waals surface area contributed by atoms with Crippen molar-refractivity contribution in [2.45, 2.75) is 12.1 Å². The van der Waals surface area contributed by atoms with E-state index in [0.717, 1.165) is 28.1 Å². The van der Waals surface area contributed by atoms with Crippen molar-refractivity contribution < 1.29 is 4.74 Å². The highest BCUT2D eigenvalue weighted by atomic mass is 35.5. The van der Waals surface area contributed by atoms with E-state index in [9.17, 15) is 0 Å². The summed E-state index contributed by atoms with van der Waals surface area (Å²) in [4.78, 5) is 0. The van der Waals surface area contributed by atoms with Crippen LogP contribution in [0.3, 0.4) is 0 Å². The van der Waals surface area contributed by atoms with Crippen LogP contribution in [0.5, 0.6) is 0 Å². The molecule has 1 aromatic heterocycles. The number of aromatic nitrogens is 3. The first-order valence-corrected chi connectivity index (χ1v) is 10.1. The smallest absolute Gasteiger partial charge is 0.162 e.